The molecule has 0 aliphatic rings. The Morgan fingerprint density at radius 1 is 1.05 bits per heavy atom. The van der Waals surface area contributed by atoms with Crippen molar-refractivity contribution in [2.45, 2.75) is 6.54 Å². The summed E-state index contributed by atoms with van der Waals surface area (Å²) in [6.07, 6.45) is 0. The van der Waals surface area contributed by atoms with Crippen molar-refractivity contribution >= 4 is 47.8 Å². The van der Waals surface area contributed by atoms with E-state index in [1.807, 2.05) is 32.3 Å². The van der Waals surface area contributed by atoms with Crippen LogP contribution < -0.4 is 15.0 Å². The van der Waals surface area contributed by atoms with E-state index in [1.54, 1.807) is 7.11 Å². The van der Waals surface area contributed by atoms with E-state index in [9.17, 15) is 0 Å². The first-order valence-corrected chi connectivity index (χ1v) is 6.81. The molecule has 0 spiro atoms. The van der Waals surface area contributed by atoms with Gasteiger partial charge in [-0.15, -0.1) is 24.8 Å². The van der Waals surface area contributed by atoms with Crippen LogP contribution in [0, 0.1) is 0 Å². The molecule has 0 fully saturated rings. The van der Waals surface area contributed by atoms with Gasteiger partial charge in [0.2, 0.25) is 0 Å². The van der Waals surface area contributed by atoms with E-state index in [1.165, 1.54) is 5.69 Å². The number of hydrogen-bond donors (Lipinski definition) is 1. The number of anilines is 2. The summed E-state index contributed by atoms with van der Waals surface area (Å²) in [5.41, 5.74) is 3.28. The van der Waals surface area contributed by atoms with Crippen LogP contribution in [0.25, 0.3) is 0 Å². The zero-order valence-electron chi connectivity index (χ0n) is 12.8. The largest absolute Gasteiger partial charge is 0.496 e. The van der Waals surface area contributed by atoms with Gasteiger partial charge in [-0.2, -0.15) is 0 Å². The van der Waals surface area contributed by atoms with Gasteiger partial charge in [-0.25, -0.2) is 0 Å². The van der Waals surface area contributed by atoms with Gasteiger partial charge in [-0.1, -0.05) is 11.6 Å². The van der Waals surface area contributed by atoms with Gasteiger partial charge in [0.1, 0.15) is 5.75 Å². The summed E-state index contributed by atoms with van der Waals surface area (Å²) in [5, 5.41) is 4.09. The molecule has 0 radical (unpaired) electrons. The number of rotatable bonds is 5. The van der Waals surface area contributed by atoms with Crippen molar-refractivity contribution in [1.29, 1.82) is 0 Å². The molecular weight excluding hydrogens is 343 g/mol. The second-order valence-corrected chi connectivity index (χ2v) is 5.19. The van der Waals surface area contributed by atoms with Crippen LogP contribution in [0.2, 0.25) is 5.02 Å². The van der Waals surface area contributed by atoms with Crippen LogP contribution in [0.4, 0.5) is 11.4 Å². The fraction of sp³-hybridized carbons (Fsp3) is 0.250. The maximum Gasteiger partial charge on any atom is 0.123 e. The Morgan fingerprint density at radius 2 is 1.68 bits per heavy atom. The fourth-order valence-corrected chi connectivity index (χ4v) is 2.15. The Bertz CT molecular complexity index is 574. The van der Waals surface area contributed by atoms with Crippen molar-refractivity contribution in [3.8, 4) is 5.75 Å². The van der Waals surface area contributed by atoms with Crippen LogP contribution >= 0.6 is 36.4 Å². The van der Waals surface area contributed by atoms with Crippen molar-refractivity contribution in [3.05, 3.63) is 53.1 Å². The third-order valence-electron chi connectivity index (χ3n) is 3.11. The highest BCUT2D eigenvalue weighted by Crippen LogP contribution is 2.24. The summed E-state index contributed by atoms with van der Waals surface area (Å²) in [7, 11) is 5.72. The van der Waals surface area contributed by atoms with E-state index in [0.717, 1.165) is 17.0 Å². The Kier molecular flexibility index (Phi) is 9.10. The lowest BCUT2D eigenvalue weighted by molar-refractivity contribution is 0.410. The Labute approximate surface area is 149 Å². The van der Waals surface area contributed by atoms with Gasteiger partial charge in [0.25, 0.3) is 0 Å². The van der Waals surface area contributed by atoms with E-state index in [4.69, 9.17) is 16.3 Å². The highest BCUT2D eigenvalue weighted by Gasteiger charge is 2.04. The Hall–Kier alpha value is -1.29. The summed E-state index contributed by atoms with van der Waals surface area (Å²) < 4.78 is 5.33. The first kappa shape index (κ1) is 20.7. The normalized spacial score (nSPS) is 9.27. The molecule has 2 aromatic rings. The van der Waals surface area contributed by atoms with E-state index in [2.05, 4.69) is 34.5 Å². The van der Waals surface area contributed by atoms with Gasteiger partial charge < -0.3 is 15.0 Å². The van der Waals surface area contributed by atoms with Crippen LogP contribution in [0.15, 0.2) is 42.5 Å². The minimum atomic E-state index is 0. The molecule has 0 amide bonds. The SMILES string of the molecule is COc1ccc(Cl)cc1CNc1ccc(N(C)C)cc1.Cl.Cl. The first-order chi connectivity index (χ1) is 9.60. The molecule has 2 aromatic carbocycles. The molecule has 122 valence electrons. The molecule has 0 bridgehead atoms. The smallest absolute Gasteiger partial charge is 0.123 e. The summed E-state index contributed by atoms with van der Waals surface area (Å²) >= 11 is 6.02. The van der Waals surface area contributed by atoms with Crippen molar-refractivity contribution in [3.63, 3.8) is 0 Å². The zero-order valence-corrected chi connectivity index (χ0v) is 15.2. The average Bonchev–Trinajstić information content (AvgIpc) is 2.45. The topological polar surface area (TPSA) is 24.5 Å². The molecule has 6 heteroatoms. The lowest BCUT2D eigenvalue weighted by atomic mass is 10.2. The standard InChI is InChI=1S/C16H19ClN2O.2ClH/c1-19(2)15-7-5-14(6-8-15)18-11-12-10-13(17)4-9-16(12)20-3;;/h4-10,18H,11H2,1-3H3;2*1H. The number of hydrogen-bond acceptors (Lipinski definition) is 3. The van der Waals surface area contributed by atoms with E-state index in [0.29, 0.717) is 11.6 Å². The Morgan fingerprint density at radius 3 is 2.23 bits per heavy atom. The monoisotopic (exact) mass is 362 g/mol. The molecule has 0 aromatic heterocycles. The predicted octanol–water partition coefficient (Wildman–Crippen LogP) is 4.87. The van der Waals surface area contributed by atoms with E-state index >= 15 is 0 Å². The summed E-state index contributed by atoms with van der Waals surface area (Å²) in [6, 6.07) is 13.9. The molecule has 0 atom stereocenters. The first-order valence-electron chi connectivity index (χ1n) is 6.44. The average molecular weight is 364 g/mol. The summed E-state index contributed by atoms with van der Waals surface area (Å²) in [5.74, 6) is 0.840. The molecule has 0 saturated carbocycles. The minimum Gasteiger partial charge on any atom is -0.496 e. The molecule has 0 aliphatic heterocycles. The molecule has 0 unspecified atom stereocenters. The van der Waals surface area contributed by atoms with Crippen LogP contribution in [0.5, 0.6) is 5.75 Å². The van der Waals surface area contributed by atoms with Crippen LogP contribution in [-0.4, -0.2) is 21.2 Å². The molecule has 2 rings (SSSR count). The zero-order chi connectivity index (χ0) is 14.5. The minimum absolute atomic E-state index is 0. The van der Waals surface area contributed by atoms with E-state index in [-0.39, 0.29) is 24.8 Å². The molecule has 0 heterocycles. The number of benzene rings is 2. The van der Waals surface area contributed by atoms with Crippen molar-refractivity contribution in [2.75, 3.05) is 31.4 Å². The van der Waals surface area contributed by atoms with Gasteiger partial charge >= 0.3 is 0 Å². The molecule has 3 nitrogen and oxygen atoms in total. The number of nitrogens with one attached hydrogen (secondary N) is 1. The number of ether oxygens (including phenoxy) is 1. The molecule has 0 saturated heterocycles. The van der Waals surface area contributed by atoms with Crippen molar-refractivity contribution in [1.82, 2.24) is 0 Å². The lowest BCUT2D eigenvalue weighted by Gasteiger charge is -2.14. The number of methoxy groups -OCH3 is 1. The molecular formula is C16H21Cl3N2O. The predicted molar refractivity (Wildman–Crippen MR) is 101 cm³/mol. The fourth-order valence-electron chi connectivity index (χ4n) is 1.96. The van der Waals surface area contributed by atoms with Crippen LogP contribution in [0.3, 0.4) is 0 Å². The number of nitrogens with zero attached hydrogens (tertiary/aromatic N) is 1. The lowest BCUT2D eigenvalue weighted by Crippen LogP contribution is -2.08. The summed E-state index contributed by atoms with van der Waals surface area (Å²) in [6.45, 7) is 0.672. The highest BCUT2D eigenvalue weighted by atomic mass is 35.5. The van der Waals surface area contributed by atoms with Gasteiger partial charge in [0.15, 0.2) is 0 Å². The maximum absolute atomic E-state index is 6.02. The Balaban J connectivity index is 0.00000220. The summed E-state index contributed by atoms with van der Waals surface area (Å²) in [4.78, 5) is 2.07. The highest BCUT2D eigenvalue weighted by molar-refractivity contribution is 6.30. The van der Waals surface area contributed by atoms with Gasteiger partial charge in [0, 0.05) is 42.6 Å². The molecule has 22 heavy (non-hydrogen) atoms. The van der Waals surface area contributed by atoms with Crippen LogP contribution in [-0.2, 0) is 6.54 Å². The van der Waals surface area contributed by atoms with Crippen molar-refractivity contribution in [2.24, 2.45) is 0 Å². The molecule has 0 aliphatic carbocycles. The third-order valence-corrected chi connectivity index (χ3v) is 3.34. The quantitative estimate of drug-likeness (QED) is 0.820. The van der Waals surface area contributed by atoms with Crippen molar-refractivity contribution < 1.29 is 4.74 Å². The van der Waals surface area contributed by atoms with Crippen LogP contribution in [0.1, 0.15) is 5.56 Å². The van der Waals surface area contributed by atoms with Gasteiger partial charge in [-0.3, -0.25) is 0 Å². The molecule has 1 N–H and O–H groups in total. The second-order valence-electron chi connectivity index (χ2n) is 4.75. The number of halogens is 3. The van der Waals surface area contributed by atoms with E-state index < -0.39 is 0 Å². The maximum atomic E-state index is 6.02. The third kappa shape index (κ3) is 5.48. The van der Waals surface area contributed by atoms with Gasteiger partial charge in [0.05, 0.1) is 7.11 Å². The van der Waals surface area contributed by atoms with Gasteiger partial charge in [-0.05, 0) is 42.5 Å². The second kappa shape index (κ2) is 9.67.